The number of unbranched alkanes of at least 4 members (excludes halogenated alkanes) is 33. The molecule has 0 saturated carbocycles. The highest BCUT2D eigenvalue weighted by Gasteiger charge is 2.30. The van der Waals surface area contributed by atoms with Crippen molar-refractivity contribution in [3.05, 3.63) is 0 Å². The topological polar surface area (TPSA) is 237 Å². The van der Waals surface area contributed by atoms with Crippen molar-refractivity contribution in [1.29, 1.82) is 0 Å². The van der Waals surface area contributed by atoms with Gasteiger partial charge in [-0.25, -0.2) is 9.13 Å². The number of carbonyl (C=O) groups excluding carboxylic acids is 4. The summed E-state index contributed by atoms with van der Waals surface area (Å²) < 4.78 is 68.4. The van der Waals surface area contributed by atoms with Gasteiger partial charge in [-0.15, -0.1) is 0 Å². The molecule has 0 aromatic rings. The van der Waals surface area contributed by atoms with Crippen LogP contribution < -0.4 is 0 Å². The third-order valence-corrected chi connectivity index (χ3v) is 19.2. The minimum atomic E-state index is -4.95. The number of carbonyl (C=O) groups is 4. The summed E-state index contributed by atoms with van der Waals surface area (Å²) in [6.07, 6.45) is 44.4. The van der Waals surface area contributed by atoms with E-state index < -0.39 is 97.5 Å². The lowest BCUT2D eigenvalue weighted by Gasteiger charge is -2.21. The van der Waals surface area contributed by atoms with E-state index in [-0.39, 0.29) is 25.7 Å². The van der Waals surface area contributed by atoms with Gasteiger partial charge in [-0.1, -0.05) is 306 Å². The highest BCUT2D eigenvalue weighted by atomic mass is 31.2. The van der Waals surface area contributed by atoms with Crippen molar-refractivity contribution in [2.24, 2.45) is 23.7 Å². The minimum Gasteiger partial charge on any atom is -0.462 e. The standard InChI is InChI=1S/C72H140O17P2/c1-9-64(7)50-42-34-26-19-16-17-20-27-36-44-52-69(74)82-58-67(89-72(77)55-47-39-29-23-22-25-33-41-49-63(5)6)60-86-90(78,79)84-56-66(73)57-85-91(80,81)87-61-68(59-83-70(75)53-45-37-31-30-35-43-51-65(8)10-2)88-71(76)54-46-38-28-21-15-13-11-12-14-18-24-32-40-48-62(3)4/h62-68,73H,9-61H2,1-8H3,(H,78,79)(H,80,81)/t64?,65?,66-,67-,68-/m1/s1. The van der Waals surface area contributed by atoms with E-state index in [0.29, 0.717) is 25.7 Å². The van der Waals surface area contributed by atoms with E-state index in [9.17, 15) is 43.2 Å². The molecule has 0 aromatic carbocycles. The fraction of sp³-hybridized carbons (Fsp3) is 0.944. The van der Waals surface area contributed by atoms with Crippen LogP contribution in [0.25, 0.3) is 0 Å². The zero-order chi connectivity index (χ0) is 67.5. The average Bonchev–Trinajstić information content (AvgIpc) is 3.64. The highest BCUT2D eigenvalue weighted by molar-refractivity contribution is 7.47. The Bertz CT molecular complexity index is 1800. The van der Waals surface area contributed by atoms with Gasteiger partial charge in [-0.2, -0.15) is 0 Å². The largest absolute Gasteiger partial charge is 0.472 e. The van der Waals surface area contributed by atoms with Gasteiger partial charge >= 0.3 is 39.5 Å². The van der Waals surface area contributed by atoms with Crippen LogP contribution in [0.4, 0.5) is 0 Å². The van der Waals surface area contributed by atoms with Gasteiger partial charge in [0.15, 0.2) is 12.2 Å². The quantitative estimate of drug-likeness (QED) is 0.0222. The molecule has 0 bridgehead atoms. The van der Waals surface area contributed by atoms with Crippen molar-refractivity contribution in [3.63, 3.8) is 0 Å². The smallest absolute Gasteiger partial charge is 0.462 e. The molecule has 0 spiro atoms. The molecule has 17 nitrogen and oxygen atoms in total. The van der Waals surface area contributed by atoms with Crippen molar-refractivity contribution in [1.82, 2.24) is 0 Å². The van der Waals surface area contributed by atoms with Crippen LogP contribution in [0.5, 0.6) is 0 Å². The van der Waals surface area contributed by atoms with E-state index >= 15 is 0 Å². The summed E-state index contributed by atoms with van der Waals surface area (Å²) in [6, 6.07) is 0. The van der Waals surface area contributed by atoms with Gasteiger partial charge in [0.25, 0.3) is 0 Å². The lowest BCUT2D eigenvalue weighted by Crippen LogP contribution is -2.30. The fourth-order valence-corrected chi connectivity index (χ4v) is 12.4. The second kappa shape index (κ2) is 61.6. The number of rotatable bonds is 69. The van der Waals surface area contributed by atoms with E-state index in [2.05, 4.69) is 55.4 Å². The molecule has 0 aliphatic carbocycles. The molecule has 0 amide bonds. The summed E-state index contributed by atoms with van der Waals surface area (Å²) in [6.45, 7) is 14.1. The van der Waals surface area contributed by atoms with Crippen LogP contribution in [0.1, 0.15) is 357 Å². The predicted molar refractivity (Wildman–Crippen MR) is 367 cm³/mol. The number of phosphoric acid groups is 2. The number of aliphatic hydroxyl groups excluding tert-OH is 1. The first-order valence-corrected chi connectivity index (χ1v) is 40.3. The normalized spacial score (nSPS) is 14.8. The van der Waals surface area contributed by atoms with Crippen LogP contribution in [-0.4, -0.2) is 96.7 Å². The minimum absolute atomic E-state index is 0.104. The van der Waals surface area contributed by atoms with Crippen LogP contribution in [0, 0.1) is 23.7 Å². The molecule has 0 aliphatic rings. The molecule has 0 aliphatic heterocycles. The summed E-state index contributed by atoms with van der Waals surface area (Å²) in [5.41, 5.74) is 0. The Balaban J connectivity index is 5.25. The molecule has 0 saturated heterocycles. The number of ether oxygens (including phenoxy) is 4. The lowest BCUT2D eigenvalue weighted by atomic mass is 9.99. The summed E-state index contributed by atoms with van der Waals surface area (Å²) >= 11 is 0. The first-order chi connectivity index (χ1) is 43.7. The van der Waals surface area contributed by atoms with Crippen LogP contribution in [-0.2, 0) is 65.4 Å². The fourth-order valence-electron chi connectivity index (χ4n) is 10.8. The Morgan fingerprint density at radius 2 is 0.527 bits per heavy atom. The van der Waals surface area contributed by atoms with Crippen molar-refractivity contribution in [2.75, 3.05) is 39.6 Å². The van der Waals surface area contributed by atoms with E-state index in [0.717, 1.165) is 120 Å². The Hall–Kier alpha value is -1.94. The van der Waals surface area contributed by atoms with E-state index in [1.54, 1.807) is 0 Å². The van der Waals surface area contributed by atoms with E-state index in [4.69, 9.17) is 37.0 Å². The number of phosphoric ester groups is 2. The molecule has 7 atom stereocenters. The zero-order valence-electron chi connectivity index (χ0n) is 59.5. The van der Waals surface area contributed by atoms with Gasteiger partial charge in [0.2, 0.25) is 0 Å². The molecule has 91 heavy (non-hydrogen) atoms. The van der Waals surface area contributed by atoms with Gasteiger partial charge in [-0.05, 0) is 49.4 Å². The number of hydrogen-bond donors (Lipinski definition) is 3. The first kappa shape index (κ1) is 89.1. The van der Waals surface area contributed by atoms with Crippen LogP contribution in [0.3, 0.4) is 0 Å². The van der Waals surface area contributed by atoms with Crippen LogP contribution in [0.2, 0.25) is 0 Å². The molecule has 19 heteroatoms. The third kappa shape index (κ3) is 63.9. The molecule has 0 radical (unpaired) electrons. The second-order valence-corrected chi connectivity index (χ2v) is 30.3. The molecule has 0 rings (SSSR count). The molecule has 4 unspecified atom stereocenters. The van der Waals surface area contributed by atoms with Gasteiger partial charge < -0.3 is 33.8 Å². The van der Waals surface area contributed by atoms with Gasteiger partial charge in [0.05, 0.1) is 26.4 Å². The zero-order valence-corrected chi connectivity index (χ0v) is 61.3. The Labute approximate surface area is 556 Å². The number of esters is 4. The van der Waals surface area contributed by atoms with Crippen molar-refractivity contribution in [3.8, 4) is 0 Å². The summed E-state index contributed by atoms with van der Waals surface area (Å²) in [4.78, 5) is 72.6. The van der Waals surface area contributed by atoms with Gasteiger partial charge in [0.1, 0.15) is 19.3 Å². The lowest BCUT2D eigenvalue weighted by molar-refractivity contribution is -0.161. The average molecular weight is 1340 g/mol. The molecule has 0 heterocycles. The summed E-state index contributed by atoms with van der Waals surface area (Å²) in [7, 11) is -9.91. The molecular weight excluding hydrogens is 1200 g/mol. The Kier molecular flexibility index (Phi) is 60.3. The third-order valence-electron chi connectivity index (χ3n) is 17.3. The van der Waals surface area contributed by atoms with E-state index in [1.807, 2.05) is 0 Å². The number of aliphatic hydroxyl groups is 1. The molecule has 540 valence electrons. The molecule has 0 aromatic heterocycles. The molecular formula is C72H140O17P2. The van der Waals surface area contributed by atoms with E-state index in [1.165, 1.54) is 154 Å². The van der Waals surface area contributed by atoms with Crippen molar-refractivity contribution >= 4 is 39.5 Å². The predicted octanol–water partition coefficient (Wildman–Crippen LogP) is 20.5. The first-order valence-electron chi connectivity index (χ1n) is 37.3. The van der Waals surface area contributed by atoms with Crippen LogP contribution >= 0.6 is 15.6 Å². The maximum absolute atomic E-state index is 13.0. The SMILES string of the molecule is CCC(C)CCCCCCCCCCCCC(=O)OC[C@H](COP(=O)(O)OC[C@@H](O)COP(=O)(O)OC[C@@H](COC(=O)CCCCCCCCC(C)CC)OC(=O)CCCCCCCCCCCCCCCC(C)C)OC(=O)CCCCCCCCCCC(C)C. The van der Waals surface area contributed by atoms with Gasteiger partial charge in [-0.3, -0.25) is 37.3 Å². The van der Waals surface area contributed by atoms with Crippen molar-refractivity contribution in [2.45, 2.75) is 375 Å². The summed E-state index contributed by atoms with van der Waals surface area (Å²) in [5, 5.41) is 10.6. The highest BCUT2D eigenvalue weighted by Crippen LogP contribution is 2.45. The second-order valence-electron chi connectivity index (χ2n) is 27.4. The van der Waals surface area contributed by atoms with Crippen LogP contribution in [0.15, 0.2) is 0 Å². The molecule has 0 fully saturated rings. The Morgan fingerprint density at radius 1 is 0.308 bits per heavy atom. The maximum Gasteiger partial charge on any atom is 0.472 e. The number of hydrogen-bond acceptors (Lipinski definition) is 15. The maximum atomic E-state index is 13.0. The monoisotopic (exact) mass is 1340 g/mol. The Morgan fingerprint density at radius 3 is 0.780 bits per heavy atom. The summed E-state index contributed by atoms with van der Waals surface area (Å²) in [5.74, 6) is 0.917. The van der Waals surface area contributed by atoms with Gasteiger partial charge in [0, 0.05) is 25.7 Å². The van der Waals surface area contributed by atoms with Crippen molar-refractivity contribution < 1.29 is 80.2 Å². The molecule has 3 N–H and O–H groups in total.